The van der Waals surface area contributed by atoms with E-state index in [0.29, 0.717) is 51.8 Å². The van der Waals surface area contributed by atoms with Crippen LogP contribution in [0.3, 0.4) is 0 Å². The molecule has 0 aromatic heterocycles. The summed E-state index contributed by atoms with van der Waals surface area (Å²) in [7, 11) is 1.63. The van der Waals surface area contributed by atoms with Crippen molar-refractivity contribution in [3.63, 3.8) is 0 Å². The van der Waals surface area contributed by atoms with Crippen LogP contribution in [0.4, 0.5) is 0 Å². The SMILES string of the molecule is COc1ccc([C@@H]2CC(=O)C3=C(C2)NC(C)=C(C(=O)OC2CCCC2)[C@@H]3c2cc3c(cc2Cl)OCO3)cc1. The molecule has 2 aromatic rings. The summed E-state index contributed by atoms with van der Waals surface area (Å²) in [5.41, 5.74) is 4.19. The number of ether oxygens (including phenoxy) is 4. The van der Waals surface area contributed by atoms with Gasteiger partial charge in [-0.1, -0.05) is 23.7 Å². The third-order valence-electron chi connectivity index (χ3n) is 8.01. The number of carbonyl (C=O) groups excluding carboxylic acids is 2. The van der Waals surface area contributed by atoms with E-state index >= 15 is 0 Å². The molecule has 2 aromatic carbocycles. The molecule has 6 rings (SSSR count). The fourth-order valence-corrected chi connectivity index (χ4v) is 6.37. The first-order chi connectivity index (χ1) is 18.4. The molecule has 0 unspecified atom stereocenters. The van der Waals surface area contributed by atoms with Crippen molar-refractivity contribution in [1.29, 1.82) is 0 Å². The standard InChI is InChI=1S/C30H30ClNO6/c1-16-27(30(34)38-20-5-3-4-6-20)28(21-13-25-26(14-22(21)31)37-15-36-25)29-23(32-16)11-18(12-24(29)33)17-7-9-19(35-2)10-8-17/h7-10,13-14,18,20,28,32H,3-6,11-12,15H2,1-2H3/t18-,28-/m0/s1. The zero-order chi connectivity index (χ0) is 26.4. The summed E-state index contributed by atoms with van der Waals surface area (Å²) in [6.07, 6.45) is 4.67. The highest BCUT2D eigenvalue weighted by Crippen LogP contribution is 2.50. The zero-order valence-corrected chi connectivity index (χ0v) is 22.2. The van der Waals surface area contributed by atoms with Crippen molar-refractivity contribution in [3.8, 4) is 17.2 Å². The molecule has 2 atom stereocenters. The summed E-state index contributed by atoms with van der Waals surface area (Å²) in [6.45, 7) is 1.97. The molecule has 2 aliphatic heterocycles. The molecule has 4 aliphatic rings. The van der Waals surface area contributed by atoms with Crippen LogP contribution in [0.5, 0.6) is 17.2 Å². The molecule has 198 valence electrons. The molecule has 0 spiro atoms. The van der Waals surface area contributed by atoms with Gasteiger partial charge in [0.1, 0.15) is 11.9 Å². The Morgan fingerprint density at radius 3 is 2.47 bits per heavy atom. The number of carbonyl (C=O) groups is 2. The second-order valence-corrected chi connectivity index (χ2v) is 10.7. The molecule has 2 aliphatic carbocycles. The van der Waals surface area contributed by atoms with Gasteiger partial charge in [-0.15, -0.1) is 0 Å². The summed E-state index contributed by atoms with van der Waals surface area (Å²) in [5, 5.41) is 3.83. The van der Waals surface area contributed by atoms with E-state index in [2.05, 4.69) is 5.32 Å². The summed E-state index contributed by atoms with van der Waals surface area (Å²) >= 11 is 6.78. The number of allylic oxidation sites excluding steroid dienone is 3. The normalized spacial score (nSPS) is 22.9. The maximum atomic E-state index is 13.9. The van der Waals surface area contributed by atoms with E-state index in [-0.39, 0.29) is 24.6 Å². The minimum atomic E-state index is -0.661. The van der Waals surface area contributed by atoms with Gasteiger partial charge in [-0.3, -0.25) is 4.79 Å². The van der Waals surface area contributed by atoms with Crippen LogP contribution in [0, 0.1) is 0 Å². The Morgan fingerprint density at radius 2 is 1.76 bits per heavy atom. The van der Waals surface area contributed by atoms with Crippen molar-refractivity contribution in [2.45, 2.75) is 63.4 Å². The number of fused-ring (bicyclic) bond motifs is 1. The summed E-state index contributed by atoms with van der Waals surface area (Å²) < 4.78 is 22.4. The third-order valence-corrected chi connectivity index (χ3v) is 8.34. The van der Waals surface area contributed by atoms with E-state index in [1.165, 1.54) is 0 Å². The highest BCUT2D eigenvalue weighted by Gasteiger charge is 2.43. The minimum absolute atomic E-state index is 0.00678. The van der Waals surface area contributed by atoms with E-state index in [4.69, 9.17) is 30.5 Å². The van der Waals surface area contributed by atoms with Crippen molar-refractivity contribution in [2.24, 2.45) is 0 Å². The largest absolute Gasteiger partial charge is 0.497 e. The van der Waals surface area contributed by atoms with E-state index in [1.807, 2.05) is 31.2 Å². The van der Waals surface area contributed by atoms with E-state index in [0.717, 1.165) is 42.7 Å². The topological polar surface area (TPSA) is 83.1 Å². The van der Waals surface area contributed by atoms with E-state index in [1.54, 1.807) is 19.2 Å². The lowest BCUT2D eigenvalue weighted by molar-refractivity contribution is -0.144. The van der Waals surface area contributed by atoms with E-state index < -0.39 is 11.9 Å². The first-order valence-electron chi connectivity index (χ1n) is 13.1. The third kappa shape index (κ3) is 4.43. The molecule has 1 N–H and O–H groups in total. The van der Waals surface area contributed by atoms with Crippen LogP contribution >= 0.6 is 11.6 Å². The Kier molecular flexibility index (Phi) is 6.56. The molecule has 0 saturated heterocycles. The summed E-state index contributed by atoms with van der Waals surface area (Å²) in [5.74, 6) is 0.791. The number of benzene rings is 2. The van der Waals surface area contributed by atoms with Gasteiger partial charge < -0.3 is 24.3 Å². The average molecular weight is 536 g/mol. The lowest BCUT2D eigenvalue weighted by Crippen LogP contribution is -2.36. The summed E-state index contributed by atoms with van der Waals surface area (Å²) in [4.78, 5) is 27.5. The number of methoxy groups -OCH3 is 1. The van der Waals surface area contributed by atoms with Gasteiger partial charge in [-0.25, -0.2) is 4.79 Å². The van der Waals surface area contributed by atoms with Crippen LogP contribution in [0.25, 0.3) is 0 Å². The van der Waals surface area contributed by atoms with Gasteiger partial charge in [-0.05, 0) is 74.3 Å². The molecule has 2 heterocycles. The lowest BCUT2D eigenvalue weighted by atomic mass is 9.71. The fraction of sp³-hybridized carbons (Fsp3) is 0.400. The predicted octanol–water partition coefficient (Wildman–Crippen LogP) is 5.92. The second kappa shape index (κ2) is 10.0. The van der Waals surface area contributed by atoms with Gasteiger partial charge >= 0.3 is 5.97 Å². The number of ketones is 1. The number of halogens is 1. The Labute approximate surface area is 226 Å². The van der Waals surface area contributed by atoms with Crippen molar-refractivity contribution < 1.29 is 28.5 Å². The molecule has 7 nitrogen and oxygen atoms in total. The number of hydrogen-bond donors (Lipinski definition) is 1. The monoisotopic (exact) mass is 535 g/mol. The van der Waals surface area contributed by atoms with Gasteiger partial charge in [0.05, 0.1) is 12.7 Å². The Balaban J connectivity index is 1.41. The van der Waals surface area contributed by atoms with Crippen molar-refractivity contribution in [2.75, 3.05) is 13.9 Å². The number of Topliss-reactive ketones (excluding diaryl/α,β-unsaturated/α-hetero) is 1. The number of rotatable bonds is 5. The van der Waals surface area contributed by atoms with Crippen molar-refractivity contribution >= 4 is 23.4 Å². The van der Waals surface area contributed by atoms with Crippen molar-refractivity contribution in [3.05, 3.63) is 75.1 Å². The second-order valence-electron chi connectivity index (χ2n) is 10.3. The maximum absolute atomic E-state index is 13.9. The lowest BCUT2D eigenvalue weighted by Gasteiger charge is -2.37. The smallest absolute Gasteiger partial charge is 0.337 e. The molecule has 0 radical (unpaired) electrons. The van der Waals surface area contributed by atoms with Gasteiger partial charge in [0.25, 0.3) is 0 Å². The number of esters is 1. The van der Waals surface area contributed by atoms with Gasteiger partial charge in [0.2, 0.25) is 6.79 Å². The fourth-order valence-electron chi connectivity index (χ4n) is 6.11. The summed E-state index contributed by atoms with van der Waals surface area (Å²) in [6, 6.07) is 11.3. The highest BCUT2D eigenvalue weighted by atomic mass is 35.5. The molecule has 1 fully saturated rings. The van der Waals surface area contributed by atoms with Gasteiger partial charge in [-0.2, -0.15) is 0 Å². The molecule has 0 amide bonds. The van der Waals surface area contributed by atoms with Crippen LogP contribution in [0.2, 0.25) is 5.02 Å². The van der Waals surface area contributed by atoms with Crippen LogP contribution in [-0.4, -0.2) is 31.8 Å². The van der Waals surface area contributed by atoms with Crippen LogP contribution < -0.4 is 19.5 Å². The number of dihydropyridines is 1. The first kappa shape index (κ1) is 24.9. The number of hydrogen-bond acceptors (Lipinski definition) is 7. The molecule has 38 heavy (non-hydrogen) atoms. The minimum Gasteiger partial charge on any atom is -0.497 e. The highest BCUT2D eigenvalue weighted by molar-refractivity contribution is 6.32. The number of nitrogens with one attached hydrogen (secondary N) is 1. The van der Waals surface area contributed by atoms with E-state index in [9.17, 15) is 9.59 Å². The van der Waals surface area contributed by atoms with Crippen LogP contribution in [-0.2, 0) is 14.3 Å². The van der Waals surface area contributed by atoms with Gasteiger partial charge in [0, 0.05) is 40.4 Å². The predicted molar refractivity (Wildman–Crippen MR) is 142 cm³/mol. The molecular formula is C30H30ClNO6. The first-order valence-corrected chi connectivity index (χ1v) is 13.5. The zero-order valence-electron chi connectivity index (χ0n) is 21.5. The molecule has 0 bridgehead atoms. The maximum Gasteiger partial charge on any atom is 0.337 e. The van der Waals surface area contributed by atoms with Crippen LogP contribution in [0.1, 0.15) is 68.4 Å². The van der Waals surface area contributed by atoms with Crippen molar-refractivity contribution in [1.82, 2.24) is 5.32 Å². The molecule has 1 saturated carbocycles. The Morgan fingerprint density at radius 1 is 1.05 bits per heavy atom. The van der Waals surface area contributed by atoms with Gasteiger partial charge in [0.15, 0.2) is 17.3 Å². The average Bonchev–Trinajstić information content (AvgIpc) is 3.59. The molecular weight excluding hydrogens is 506 g/mol. The Hall–Kier alpha value is -3.45. The quantitative estimate of drug-likeness (QED) is 0.475. The van der Waals surface area contributed by atoms with Crippen LogP contribution in [0.15, 0.2) is 58.9 Å². The Bertz CT molecular complexity index is 1360. The molecule has 8 heteroatoms.